The molecule has 6 heteroatoms. The Morgan fingerprint density at radius 1 is 1.37 bits per heavy atom. The molecule has 1 aliphatic carbocycles. The summed E-state index contributed by atoms with van der Waals surface area (Å²) >= 11 is 0. The molecule has 3 N–H and O–H groups in total. The zero-order valence-electron chi connectivity index (χ0n) is 10.9. The number of carbonyl (C=O) groups is 2. The Bertz CT molecular complexity index is 454. The lowest BCUT2D eigenvalue weighted by Gasteiger charge is -2.06. The van der Waals surface area contributed by atoms with Crippen LogP contribution in [0.15, 0.2) is 18.3 Å². The topological polar surface area (TPSA) is 83.1 Å². The second kappa shape index (κ2) is 6.17. The van der Waals surface area contributed by atoms with Crippen molar-refractivity contribution in [2.45, 2.75) is 25.3 Å². The van der Waals surface area contributed by atoms with Crippen LogP contribution in [-0.2, 0) is 4.79 Å². The average molecular weight is 262 g/mol. The molecule has 2 rings (SSSR count). The number of nitrogens with zero attached hydrogens (tertiary/aromatic N) is 1. The third kappa shape index (κ3) is 4.24. The van der Waals surface area contributed by atoms with E-state index in [-0.39, 0.29) is 11.8 Å². The normalized spacial score (nSPS) is 13.7. The lowest BCUT2D eigenvalue weighted by Crippen LogP contribution is -2.32. The van der Waals surface area contributed by atoms with E-state index in [9.17, 15) is 9.59 Å². The average Bonchev–Trinajstić information content (AvgIpc) is 3.22. The van der Waals surface area contributed by atoms with Crippen molar-refractivity contribution in [1.29, 1.82) is 0 Å². The highest BCUT2D eigenvalue weighted by molar-refractivity contribution is 5.92. The molecule has 1 aromatic heterocycles. The van der Waals surface area contributed by atoms with Crippen molar-refractivity contribution < 1.29 is 9.59 Å². The van der Waals surface area contributed by atoms with Crippen molar-refractivity contribution in [2.24, 2.45) is 0 Å². The molecule has 2 amide bonds. The summed E-state index contributed by atoms with van der Waals surface area (Å²) in [6, 6.07) is 3.78. The molecule has 0 atom stereocenters. The van der Waals surface area contributed by atoms with Crippen LogP contribution in [0.1, 0.15) is 29.8 Å². The number of pyridine rings is 1. The summed E-state index contributed by atoms with van der Waals surface area (Å²) in [6.07, 6.45) is 4.03. The van der Waals surface area contributed by atoms with Crippen molar-refractivity contribution in [3.8, 4) is 0 Å². The highest BCUT2D eigenvalue weighted by atomic mass is 16.2. The Balaban J connectivity index is 1.71. The fourth-order valence-electron chi connectivity index (χ4n) is 1.58. The molecule has 19 heavy (non-hydrogen) atoms. The first kappa shape index (κ1) is 13.3. The smallest absolute Gasteiger partial charge is 0.269 e. The molecule has 0 spiro atoms. The molecular formula is C13H18N4O2. The minimum atomic E-state index is -0.262. The minimum absolute atomic E-state index is 0.0127. The zero-order chi connectivity index (χ0) is 13.7. The molecule has 0 unspecified atom stereocenters. The number of aromatic nitrogens is 1. The molecule has 1 heterocycles. The molecule has 1 saturated carbocycles. The minimum Gasteiger partial charge on any atom is -0.387 e. The van der Waals surface area contributed by atoms with Gasteiger partial charge in [-0.15, -0.1) is 0 Å². The number of anilines is 1. The maximum absolute atomic E-state index is 11.7. The van der Waals surface area contributed by atoms with Gasteiger partial charge in [-0.25, -0.2) is 4.98 Å². The summed E-state index contributed by atoms with van der Waals surface area (Å²) in [5.74, 6) is -0.275. The van der Waals surface area contributed by atoms with Crippen LogP contribution in [0.5, 0.6) is 0 Å². The van der Waals surface area contributed by atoms with Crippen LogP contribution >= 0.6 is 0 Å². The molecule has 0 aromatic carbocycles. The molecule has 1 fully saturated rings. The van der Waals surface area contributed by atoms with E-state index in [0.29, 0.717) is 24.7 Å². The molecule has 1 aromatic rings. The maximum atomic E-state index is 11.7. The summed E-state index contributed by atoms with van der Waals surface area (Å²) in [7, 11) is 1.79. The molecule has 0 aliphatic heterocycles. The van der Waals surface area contributed by atoms with Gasteiger partial charge < -0.3 is 16.0 Å². The van der Waals surface area contributed by atoms with Crippen molar-refractivity contribution in [2.75, 3.05) is 18.9 Å². The van der Waals surface area contributed by atoms with Gasteiger partial charge in [0.05, 0.1) is 11.9 Å². The first-order valence-corrected chi connectivity index (χ1v) is 6.40. The van der Waals surface area contributed by atoms with E-state index in [1.54, 1.807) is 25.4 Å². The summed E-state index contributed by atoms with van der Waals surface area (Å²) in [5.41, 5.74) is 1.20. The third-order valence-corrected chi connectivity index (χ3v) is 2.86. The van der Waals surface area contributed by atoms with Gasteiger partial charge in [-0.3, -0.25) is 9.59 Å². The second-order valence-electron chi connectivity index (χ2n) is 4.53. The zero-order valence-corrected chi connectivity index (χ0v) is 10.9. The van der Waals surface area contributed by atoms with Gasteiger partial charge >= 0.3 is 0 Å². The molecule has 0 radical (unpaired) electrons. The van der Waals surface area contributed by atoms with Crippen LogP contribution < -0.4 is 16.0 Å². The number of nitrogens with one attached hydrogen (secondary N) is 3. The first-order valence-electron chi connectivity index (χ1n) is 6.40. The Morgan fingerprint density at radius 2 is 2.16 bits per heavy atom. The quantitative estimate of drug-likeness (QED) is 0.698. The van der Waals surface area contributed by atoms with Gasteiger partial charge in [-0.05, 0) is 25.0 Å². The van der Waals surface area contributed by atoms with E-state index < -0.39 is 0 Å². The van der Waals surface area contributed by atoms with Gasteiger partial charge in [0.1, 0.15) is 5.69 Å². The number of carbonyl (C=O) groups excluding carboxylic acids is 2. The number of rotatable bonds is 6. The largest absolute Gasteiger partial charge is 0.387 e. The van der Waals surface area contributed by atoms with Crippen LogP contribution in [0.3, 0.4) is 0 Å². The van der Waals surface area contributed by atoms with Crippen LogP contribution in [0.2, 0.25) is 0 Å². The Hall–Kier alpha value is -2.11. The van der Waals surface area contributed by atoms with Crippen LogP contribution in [-0.4, -0.2) is 36.4 Å². The highest BCUT2D eigenvalue weighted by Gasteiger charge is 2.22. The summed E-state index contributed by atoms with van der Waals surface area (Å²) < 4.78 is 0. The third-order valence-electron chi connectivity index (χ3n) is 2.86. The lowest BCUT2D eigenvalue weighted by atomic mass is 10.3. The van der Waals surface area contributed by atoms with Gasteiger partial charge in [-0.2, -0.15) is 0 Å². The van der Waals surface area contributed by atoms with Gasteiger partial charge in [0.15, 0.2) is 0 Å². The fourth-order valence-corrected chi connectivity index (χ4v) is 1.58. The van der Waals surface area contributed by atoms with Crippen molar-refractivity contribution in [1.82, 2.24) is 15.6 Å². The van der Waals surface area contributed by atoms with E-state index in [4.69, 9.17) is 0 Å². The maximum Gasteiger partial charge on any atom is 0.269 e. The highest BCUT2D eigenvalue weighted by Crippen LogP contribution is 2.18. The lowest BCUT2D eigenvalue weighted by molar-refractivity contribution is -0.121. The Kier molecular flexibility index (Phi) is 4.33. The standard InChI is InChI=1S/C13H18N4O2/c1-14-10-4-5-11(16-8-10)13(19)15-7-6-12(18)17-9-2-3-9/h4-5,8-9,14H,2-3,6-7H2,1H3,(H,15,19)(H,17,18). The van der Waals surface area contributed by atoms with E-state index in [2.05, 4.69) is 20.9 Å². The first-order chi connectivity index (χ1) is 9.19. The van der Waals surface area contributed by atoms with Gasteiger partial charge in [0.2, 0.25) is 5.91 Å². The number of hydrogen-bond donors (Lipinski definition) is 3. The van der Waals surface area contributed by atoms with E-state index in [1.807, 2.05) is 0 Å². The molecule has 0 bridgehead atoms. The number of amides is 2. The second-order valence-corrected chi connectivity index (χ2v) is 4.53. The van der Waals surface area contributed by atoms with Crippen molar-refractivity contribution in [3.63, 3.8) is 0 Å². The van der Waals surface area contributed by atoms with Gasteiger partial charge in [-0.1, -0.05) is 0 Å². The van der Waals surface area contributed by atoms with Gasteiger partial charge in [0, 0.05) is 26.1 Å². The Labute approximate surface area is 112 Å². The predicted octanol–water partition coefficient (Wildman–Crippen LogP) is 0.522. The fraction of sp³-hybridized carbons (Fsp3) is 0.462. The van der Waals surface area contributed by atoms with Crippen LogP contribution in [0, 0.1) is 0 Å². The van der Waals surface area contributed by atoms with E-state index in [1.165, 1.54) is 0 Å². The molecule has 102 valence electrons. The molecule has 0 saturated heterocycles. The van der Waals surface area contributed by atoms with E-state index >= 15 is 0 Å². The molecule has 6 nitrogen and oxygen atoms in total. The van der Waals surface area contributed by atoms with Gasteiger partial charge in [0.25, 0.3) is 5.91 Å². The van der Waals surface area contributed by atoms with Crippen LogP contribution in [0.4, 0.5) is 5.69 Å². The summed E-state index contributed by atoms with van der Waals surface area (Å²) in [5, 5.41) is 8.47. The molecular weight excluding hydrogens is 244 g/mol. The van der Waals surface area contributed by atoms with E-state index in [0.717, 1.165) is 18.5 Å². The predicted molar refractivity (Wildman–Crippen MR) is 71.9 cm³/mol. The van der Waals surface area contributed by atoms with Crippen LogP contribution in [0.25, 0.3) is 0 Å². The summed E-state index contributed by atoms with van der Waals surface area (Å²) in [4.78, 5) is 27.2. The van der Waals surface area contributed by atoms with Crippen molar-refractivity contribution >= 4 is 17.5 Å². The summed E-state index contributed by atoms with van der Waals surface area (Å²) in [6.45, 7) is 0.326. The Morgan fingerprint density at radius 3 is 2.74 bits per heavy atom. The SMILES string of the molecule is CNc1ccc(C(=O)NCCC(=O)NC2CC2)nc1. The molecule has 1 aliphatic rings. The monoisotopic (exact) mass is 262 g/mol. The number of hydrogen-bond acceptors (Lipinski definition) is 4. The van der Waals surface area contributed by atoms with Crippen molar-refractivity contribution in [3.05, 3.63) is 24.0 Å².